The van der Waals surface area contributed by atoms with Gasteiger partial charge >= 0.3 is 0 Å². The van der Waals surface area contributed by atoms with Crippen LogP contribution in [0.3, 0.4) is 0 Å². The van der Waals surface area contributed by atoms with Gasteiger partial charge in [-0.2, -0.15) is 0 Å². The molecule has 0 aliphatic carbocycles. The molecule has 2 fully saturated rings. The van der Waals surface area contributed by atoms with Crippen LogP contribution < -0.4 is 10.4 Å². The number of aliphatic carboxylic acids is 1. The van der Waals surface area contributed by atoms with E-state index in [-0.39, 0.29) is 18.1 Å². The lowest BCUT2D eigenvalue weighted by molar-refractivity contribution is -0.740. The number of carbonyl (C=O) groups excluding carboxylic acids is 3. The second-order valence-electron chi connectivity index (χ2n) is 7.42. The number of nitrogens with two attached hydrogens (primary N) is 1. The number of para-hydroxylation sites is 1. The van der Waals surface area contributed by atoms with Crippen LogP contribution in [-0.2, 0) is 14.4 Å². The number of carboxylic acid groups (broad SMARTS) is 1. The summed E-state index contributed by atoms with van der Waals surface area (Å²) in [6.45, 7) is 3.73. The maximum Gasteiger partial charge on any atom is 0.239 e. The largest absolute Gasteiger partial charge is 0.544 e. The Labute approximate surface area is 145 Å². The van der Waals surface area contributed by atoms with Crippen LogP contribution in [0.1, 0.15) is 31.9 Å². The molecule has 0 bridgehead atoms. The lowest BCUT2D eigenvalue weighted by Crippen LogP contribution is -2.99. The maximum absolute atomic E-state index is 12.7. The molecule has 3 rings (SSSR count). The van der Waals surface area contributed by atoms with Crippen LogP contribution in [0.25, 0.3) is 0 Å². The fourth-order valence-corrected chi connectivity index (χ4v) is 4.47. The highest BCUT2D eigenvalue weighted by Gasteiger charge is 2.69. The number of nitrogens with zero attached hydrogens (tertiary/aromatic N) is 1. The highest BCUT2D eigenvalue weighted by atomic mass is 16.4. The number of hydrogen-bond acceptors (Lipinski definition) is 5. The predicted molar refractivity (Wildman–Crippen MR) is 84.7 cm³/mol. The summed E-state index contributed by atoms with van der Waals surface area (Å²) in [6.07, 6.45) is 0.202. The normalized spacial score (nSPS) is 31.7. The molecule has 0 saturated carbocycles. The predicted octanol–water partition coefficient (Wildman–Crippen LogP) is -1.22. The Morgan fingerprint density at radius 2 is 1.96 bits per heavy atom. The summed E-state index contributed by atoms with van der Waals surface area (Å²) < 4.78 is 0. The third kappa shape index (κ3) is 2.41. The molecule has 2 aliphatic heterocycles. The number of benzene rings is 1. The van der Waals surface area contributed by atoms with Gasteiger partial charge in [0.05, 0.1) is 5.56 Å². The zero-order valence-corrected chi connectivity index (χ0v) is 14.4. The summed E-state index contributed by atoms with van der Waals surface area (Å²) in [5.74, 6) is -4.10. The van der Waals surface area contributed by atoms with Crippen molar-refractivity contribution in [2.45, 2.75) is 31.8 Å². The highest BCUT2D eigenvalue weighted by molar-refractivity contribution is 6.08. The van der Waals surface area contributed by atoms with E-state index < -0.39 is 41.2 Å². The molecule has 4 atom stereocenters. The zero-order valence-electron chi connectivity index (χ0n) is 14.4. The summed E-state index contributed by atoms with van der Waals surface area (Å²) in [5.41, 5.74) is -1.07. The van der Waals surface area contributed by atoms with Gasteiger partial charge < -0.3 is 20.3 Å². The second-order valence-corrected chi connectivity index (χ2v) is 7.42. The summed E-state index contributed by atoms with van der Waals surface area (Å²) in [7, 11) is 1.38. The minimum Gasteiger partial charge on any atom is -0.544 e. The van der Waals surface area contributed by atoms with Crippen molar-refractivity contribution < 1.29 is 29.9 Å². The van der Waals surface area contributed by atoms with Gasteiger partial charge in [0, 0.05) is 13.5 Å². The lowest BCUT2D eigenvalue weighted by Gasteiger charge is -2.33. The molecule has 2 amide bonds. The Hall–Kier alpha value is -2.41. The standard InChI is InChI=1S/C18H22N2O5/c1-9(2)8-18(17(24)25)13-12(15(22)20(3)16(13)23)14(19-18)10-6-4-5-7-11(10)21/h4-7,9,12-14,19,21H,8H2,1-3H3,(H,24,25)/t12-,13-,14-,18+/m0/s1. The van der Waals surface area contributed by atoms with Crippen LogP contribution in [0.5, 0.6) is 5.75 Å². The Kier molecular flexibility index (Phi) is 4.07. The number of phenols is 1. The fraction of sp³-hybridized carbons (Fsp3) is 0.500. The smallest absolute Gasteiger partial charge is 0.239 e. The van der Waals surface area contributed by atoms with Crippen LogP contribution in [0.2, 0.25) is 0 Å². The van der Waals surface area contributed by atoms with Crippen molar-refractivity contribution in [1.29, 1.82) is 0 Å². The fourth-order valence-electron chi connectivity index (χ4n) is 4.47. The van der Waals surface area contributed by atoms with E-state index in [1.54, 1.807) is 23.5 Å². The lowest BCUT2D eigenvalue weighted by atomic mass is 9.75. The maximum atomic E-state index is 12.7. The quantitative estimate of drug-likeness (QED) is 0.663. The topological polar surface area (TPSA) is 114 Å². The number of hydrogen-bond donors (Lipinski definition) is 2. The van der Waals surface area contributed by atoms with Gasteiger partial charge in [0.1, 0.15) is 35.1 Å². The van der Waals surface area contributed by atoms with Gasteiger partial charge in [0.2, 0.25) is 11.8 Å². The molecule has 2 saturated heterocycles. The number of likely N-dealkylation sites (tertiary alicyclic amines) is 1. The van der Waals surface area contributed by atoms with E-state index in [2.05, 4.69) is 0 Å². The molecule has 1 aromatic rings. The molecule has 0 spiro atoms. The van der Waals surface area contributed by atoms with E-state index in [0.29, 0.717) is 5.56 Å². The van der Waals surface area contributed by atoms with Gasteiger partial charge in [-0.25, -0.2) is 0 Å². The van der Waals surface area contributed by atoms with Crippen LogP contribution in [-0.4, -0.2) is 40.4 Å². The first-order valence-electron chi connectivity index (χ1n) is 8.37. The molecule has 1 aromatic carbocycles. The molecule has 7 nitrogen and oxygen atoms in total. The number of rotatable bonds is 4. The molecule has 3 N–H and O–H groups in total. The molecule has 2 aliphatic rings. The first-order chi connectivity index (χ1) is 11.7. The monoisotopic (exact) mass is 346 g/mol. The van der Waals surface area contributed by atoms with Crippen molar-refractivity contribution in [3.63, 3.8) is 0 Å². The van der Waals surface area contributed by atoms with Crippen LogP contribution >= 0.6 is 0 Å². The van der Waals surface area contributed by atoms with Crippen molar-refractivity contribution in [2.75, 3.05) is 7.05 Å². The van der Waals surface area contributed by atoms with Gasteiger partial charge in [-0.15, -0.1) is 0 Å². The second kappa shape index (κ2) is 5.84. The summed E-state index contributed by atoms with van der Waals surface area (Å²) in [5, 5.41) is 23.9. The summed E-state index contributed by atoms with van der Waals surface area (Å²) in [4.78, 5) is 38.5. The van der Waals surface area contributed by atoms with Gasteiger partial charge in [0.25, 0.3) is 0 Å². The first kappa shape index (κ1) is 17.4. The minimum atomic E-state index is -1.52. The number of quaternary nitrogens is 1. The van der Waals surface area contributed by atoms with E-state index in [9.17, 15) is 24.6 Å². The average molecular weight is 346 g/mol. The number of amides is 2. The van der Waals surface area contributed by atoms with Crippen molar-refractivity contribution in [3.8, 4) is 5.75 Å². The average Bonchev–Trinajstić information content (AvgIpc) is 2.98. The third-order valence-electron chi connectivity index (χ3n) is 5.41. The van der Waals surface area contributed by atoms with Gasteiger partial charge in [0.15, 0.2) is 0 Å². The Balaban J connectivity index is 2.17. The third-order valence-corrected chi connectivity index (χ3v) is 5.41. The van der Waals surface area contributed by atoms with E-state index in [1.165, 1.54) is 13.1 Å². The Morgan fingerprint density at radius 1 is 1.32 bits per heavy atom. The van der Waals surface area contributed by atoms with Gasteiger partial charge in [-0.1, -0.05) is 26.0 Å². The molecular weight excluding hydrogens is 324 g/mol. The van der Waals surface area contributed by atoms with Crippen LogP contribution in [0.15, 0.2) is 24.3 Å². The van der Waals surface area contributed by atoms with Crippen LogP contribution in [0, 0.1) is 17.8 Å². The number of carboxylic acids is 1. The minimum absolute atomic E-state index is 0.00766. The van der Waals surface area contributed by atoms with E-state index in [4.69, 9.17) is 0 Å². The van der Waals surface area contributed by atoms with Crippen molar-refractivity contribution >= 4 is 17.8 Å². The van der Waals surface area contributed by atoms with E-state index in [1.807, 2.05) is 13.8 Å². The number of imide groups is 1. The van der Waals surface area contributed by atoms with Crippen LogP contribution in [0.4, 0.5) is 0 Å². The first-order valence-corrected chi connectivity index (χ1v) is 8.37. The van der Waals surface area contributed by atoms with Crippen molar-refractivity contribution in [2.24, 2.45) is 17.8 Å². The highest BCUT2D eigenvalue weighted by Crippen LogP contribution is 2.46. The molecule has 7 heteroatoms. The molecule has 134 valence electrons. The SMILES string of the molecule is CC(C)C[C@@]1(C(=O)[O-])[NH2+][C@@H](c2ccccc2O)[C@H]2C(=O)N(C)C(=O)[C@H]21. The van der Waals surface area contributed by atoms with Gasteiger partial charge in [-0.05, 0) is 18.1 Å². The Bertz CT molecular complexity index is 747. The number of aromatic hydroxyl groups is 1. The molecule has 2 heterocycles. The van der Waals surface area contributed by atoms with E-state index in [0.717, 1.165) is 4.90 Å². The summed E-state index contributed by atoms with van der Waals surface area (Å²) in [6, 6.07) is 5.86. The van der Waals surface area contributed by atoms with Crippen molar-refractivity contribution in [3.05, 3.63) is 29.8 Å². The molecule has 25 heavy (non-hydrogen) atoms. The zero-order chi connectivity index (χ0) is 18.5. The molecule has 0 aromatic heterocycles. The summed E-state index contributed by atoms with van der Waals surface area (Å²) >= 11 is 0. The number of carbonyl (C=O) groups is 3. The number of phenolic OH excluding ortho intramolecular Hbond substituents is 1. The molecule has 0 radical (unpaired) electrons. The molecular formula is C18H22N2O5. The number of fused-ring (bicyclic) bond motifs is 1. The van der Waals surface area contributed by atoms with E-state index >= 15 is 0 Å². The van der Waals surface area contributed by atoms with Gasteiger partial charge in [-0.3, -0.25) is 14.5 Å². The molecule has 0 unspecified atom stereocenters. The van der Waals surface area contributed by atoms with Crippen molar-refractivity contribution in [1.82, 2.24) is 4.90 Å². The Morgan fingerprint density at radius 3 is 2.52 bits per heavy atom.